The third-order valence-corrected chi connectivity index (χ3v) is 5.29. The quantitative estimate of drug-likeness (QED) is 0.527. The van der Waals surface area contributed by atoms with Crippen molar-refractivity contribution in [1.82, 2.24) is 0 Å². The molecule has 0 bridgehead atoms. The van der Waals surface area contributed by atoms with Gasteiger partial charge in [0.25, 0.3) is 0 Å². The standard InChI is InChI=1S/C23H21NO5/c1-13-7-18-17(11-28-21(18)8-14(13)2)10-23(27)29-12-20(25)16-3-5-19-15(9-16)4-6-22(26)24-19/h3,5,7-9,11H,4,6,10,12H2,1-2H3,(H,24,26). The van der Waals surface area contributed by atoms with Crippen LogP contribution in [0.15, 0.2) is 41.0 Å². The average molecular weight is 391 g/mol. The second-order valence-corrected chi connectivity index (χ2v) is 7.37. The molecular weight excluding hydrogens is 370 g/mol. The van der Waals surface area contributed by atoms with Crippen LogP contribution in [0, 0.1) is 13.8 Å². The first-order chi connectivity index (χ1) is 13.9. The van der Waals surface area contributed by atoms with Crippen LogP contribution in [0.1, 0.15) is 39.0 Å². The molecule has 0 fully saturated rings. The zero-order valence-corrected chi connectivity index (χ0v) is 16.3. The molecule has 4 rings (SSSR count). The smallest absolute Gasteiger partial charge is 0.310 e. The fourth-order valence-corrected chi connectivity index (χ4v) is 3.47. The fraction of sp³-hybridized carbons (Fsp3) is 0.261. The summed E-state index contributed by atoms with van der Waals surface area (Å²) < 4.78 is 10.7. The van der Waals surface area contributed by atoms with Crippen LogP contribution in [0.25, 0.3) is 11.0 Å². The Labute approximate surface area is 167 Å². The van der Waals surface area contributed by atoms with Crippen molar-refractivity contribution in [3.63, 3.8) is 0 Å². The second-order valence-electron chi connectivity index (χ2n) is 7.37. The zero-order chi connectivity index (χ0) is 20.5. The number of furan rings is 1. The van der Waals surface area contributed by atoms with Gasteiger partial charge >= 0.3 is 5.97 Å². The van der Waals surface area contributed by atoms with Crippen molar-refractivity contribution in [1.29, 1.82) is 0 Å². The molecule has 1 aliphatic heterocycles. The van der Waals surface area contributed by atoms with Crippen LogP contribution in [-0.4, -0.2) is 24.3 Å². The van der Waals surface area contributed by atoms with E-state index in [0.29, 0.717) is 18.4 Å². The normalized spacial score (nSPS) is 13.1. The first-order valence-electron chi connectivity index (χ1n) is 9.49. The van der Waals surface area contributed by atoms with Gasteiger partial charge in [-0.2, -0.15) is 0 Å². The second kappa shape index (κ2) is 7.54. The first kappa shape index (κ1) is 18.9. The SMILES string of the molecule is Cc1cc2occ(CC(=O)OCC(=O)c3ccc4c(c3)CCC(=O)N4)c2cc1C. The molecule has 29 heavy (non-hydrogen) atoms. The van der Waals surface area contributed by atoms with E-state index in [1.165, 1.54) is 0 Å². The van der Waals surface area contributed by atoms with E-state index in [0.717, 1.165) is 38.9 Å². The molecule has 2 heterocycles. The van der Waals surface area contributed by atoms with E-state index >= 15 is 0 Å². The number of carbonyl (C=O) groups is 3. The number of carbonyl (C=O) groups excluding carboxylic acids is 3. The summed E-state index contributed by atoms with van der Waals surface area (Å²) in [6.07, 6.45) is 2.59. The summed E-state index contributed by atoms with van der Waals surface area (Å²) >= 11 is 0. The number of fused-ring (bicyclic) bond motifs is 2. The first-order valence-corrected chi connectivity index (χ1v) is 9.49. The molecule has 0 spiro atoms. The van der Waals surface area contributed by atoms with Gasteiger partial charge in [0.15, 0.2) is 12.4 Å². The van der Waals surface area contributed by atoms with Crippen LogP contribution in [0.5, 0.6) is 0 Å². The minimum Gasteiger partial charge on any atom is -0.464 e. The van der Waals surface area contributed by atoms with Gasteiger partial charge in [0.2, 0.25) is 5.91 Å². The predicted molar refractivity (Wildman–Crippen MR) is 108 cm³/mol. The molecule has 1 aliphatic rings. The van der Waals surface area contributed by atoms with Crippen molar-refractivity contribution < 1.29 is 23.5 Å². The maximum atomic E-state index is 12.4. The molecule has 0 atom stereocenters. The van der Waals surface area contributed by atoms with Crippen molar-refractivity contribution in [2.24, 2.45) is 0 Å². The number of anilines is 1. The largest absolute Gasteiger partial charge is 0.464 e. The van der Waals surface area contributed by atoms with Crippen molar-refractivity contribution in [2.75, 3.05) is 11.9 Å². The summed E-state index contributed by atoms with van der Waals surface area (Å²) in [5, 5.41) is 3.66. The van der Waals surface area contributed by atoms with Crippen LogP contribution in [0.4, 0.5) is 5.69 Å². The highest BCUT2D eigenvalue weighted by Crippen LogP contribution is 2.26. The summed E-state index contributed by atoms with van der Waals surface area (Å²) in [4.78, 5) is 36.1. The molecule has 3 aromatic rings. The number of rotatable bonds is 5. The number of aryl methyl sites for hydroxylation is 3. The van der Waals surface area contributed by atoms with Gasteiger partial charge in [0.05, 0.1) is 12.7 Å². The summed E-state index contributed by atoms with van der Waals surface area (Å²) in [6, 6.07) is 9.04. The van der Waals surface area contributed by atoms with E-state index < -0.39 is 5.97 Å². The molecule has 0 radical (unpaired) electrons. The summed E-state index contributed by atoms with van der Waals surface area (Å²) in [5.74, 6) is -0.784. The third kappa shape index (κ3) is 3.92. The minimum atomic E-state index is -0.482. The highest BCUT2D eigenvalue weighted by atomic mass is 16.5. The van der Waals surface area contributed by atoms with Crippen LogP contribution >= 0.6 is 0 Å². The highest BCUT2D eigenvalue weighted by molar-refractivity contribution is 6.00. The van der Waals surface area contributed by atoms with Gasteiger partial charge in [-0.15, -0.1) is 0 Å². The molecule has 0 unspecified atom stereocenters. The number of ether oxygens (including phenoxy) is 1. The molecule has 0 saturated heterocycles. The van der Waals surface area contributed by atoms with Gasteiger partial charge in [-0.3, -0.25) is 14.4 Å². The lowest BCUT2D eigenvalue weighted by molar-refractivity contribution is -0.141. The Morgan fingerprint density at radius 3 is 2.72 bits per heavy atom. The van der Waals surface area contributed by atoms with Crippen LogP contribution in [-0.2, 0) is 27.2 Å². The Morgan fingerprint density at radius 2 is 1.90 bits per heavy atom. The monoisotopic (exact) mass is 391 g/mol. The zero-order valence-electron chi connectivity index (χ0n) is 16.3. The maximum absolute atomic E-state index is 12.4. The van der Waals surface area contributed by atoms with E-state index in [9.17, 15) is 14.4 Å². The number of Topliss-reactive ketones (excluding diaryl/α,β-unsaturated/α-hetero) is 1. The molecule has 1 aromatic heterocycles. The van der Waals surface area contributed by atoms with Gasteiger partial charge in [-0.25, -0.2) is 0 Å². The lowest BCUT2D eigenvalue weighted by atomic mass is 9.99. The molecule has 0 aliphatic carbocycles. The molecule has 1 amide bonds. The predicted octanol–water partition coefficient (Wildman–Crippen LogP) is 3.90. The lowest BCUT2D eigenvalue weighted by Crippen LogP contribution is -2.20. The summed E-state index contributed by atoms with van der Waals surface area (Å²) in [5.41, 5.74) is 5.82. The molecule has 1 N–H and O–H groups in total. The molecule has 6 nitrogen and oxygen atoms in total. The molecule has 148 valence electrons. The van der Waals surface area contributed by atoms with E-state index in [1.54, 1.807) is 24.5 Å². The van der Waals surface area contributed by atoms with Crippen molar-refractivity contribution >= 4 is 34.3 Å². The Kier molecular flexibility index (Phi) is 4.92. The van der Waals surface area contributed by atoms with Crippen LogP contribution in [0.3, 0.4) is 0 Å². The number of nitrogens with one attached hydrogen (secondary N) is 1. The number of benzene rings is 2. The Morgan fingerprint density at radius 1 is 1.10 bits per heavy atom. The average Bonchev–Trinajstić information content (AvgIpc) is 3.07. The highest BCUT2D eigenvalue weighted by Gasteiger charge is 2.18. The summed E-state index contributed by atoms with van der Waals surface area (Å²) in [7, 11) is 0. The molecule has 6 heteroatoms. The number of amides is 1. The van der Waals surface area contributed by atoms with Crippen molar-refractivity contribution in [2.45, 2.75) is 33.1 Å². The number of hydrogen-bond donors (Lipinski definition) is 1. The van der Waals surface area contributed by atoms with Gasteiger partial charge in [-0.1, -0.05) is 0 Å². The molecule has 2 aromatic carbocycles. The Hall–Kier alpha value is -3.41. The van der Waals surface area contributed by atoms with E-state index in [4.69, 9.17) is 9.15 Å². The topological polar surface area (TPSA) is 85.6 Å². The van der Waals surface area contributed by atoms with Gasteiger partial charge in [-0.05, 0) is 67.3 Å². The van der Waals surface area contributed by atoms with E-state index in [-0.39, 0.29) is 24.7 Å². The Balaban J connectivity index is 1.39. The van der Waals surface area contributed by atoms with E-state index in [1.807, 2.05) is 26.0 Å². The number of esters is 1. The van der Waals surface area contributed by atoms with Crippen molar-refractivity contribution in [3.05, 3.63) is 64.4 Å². The van der Waals surface area contributed by atoms with Gasteiger partial charge in [0.1, 0.15) is 5.58 Å². The lowest BCUT2D eigenvalue weighted by Gasteiger charge is -2.17. The molecular formula is C23H21NO5. The summed E-state index contributed by atoms with van der Waals surface area (Å²) in [6.45, 7) is 3.69. The van der Waals surface area contributed by atoms with Crippen LogP contribution in [0.2, 0.25) is 0 Å². The Bertz CT molecular complexity index is 1140. The number of ketones is 1. The minimum absolute atomic E-state index is 0.0253. The van der Waals surface area contributed by atoms with Gasteiger partial charge < -0.3 is 14.5 Å². The third-order valence-electron chi connectivity index (χ3n) is 5.29. The maximum Gasteiger partial charge on any atom is 0.310 e. The van der Waals surface area contributed by atoms with Crippen LogP contribution < -0.4 is 5.32 Å². The fourth-order valence-electron chi connectivity index (χ4n) is 3.47. The molecule has 0 saturated carbocycles. The van der Waals surface area contributed by atoms with Crippen molar-refractivity contribution in [3.8, 4) is 0 Å². The van der Waals surface area contributed by atoms with Gasteiger partial charge in [0, 0.05) is 28.6 Å². The van der Waals surface area contributed by atoms with E-state index in [2.05, 4.69) is 5.32 Å². The number of hydrogen-bond acceptors (Lipinski definition) is 5.